The fourth-order valence-corrected chi connectivity index (χ4v) is 0.500. The summed E-state index contributed by atoms with van der Waals surface area (Å²) in [5.41, 5.74) is 2.45. The fraction of sp³-hybridized carbons (Fsp3) is 0.500. The van der Waals surface area contributed by atoms with Crippen molar-refractivity contribution in [2.24, 2.45) is 5.10 Å². The number of hydrogen-bond donors (Lipinski definition) is 2. The van der Waals surface area contributed by atoms with Gasteiger partial charge in [0.15, 0.2) is 12.6 Å². The van der Waals surface area contributed by atoms with E-state index in [2.05, 4.69) is 15.3 Å². The van der Waals surface area contributed by atoms with Crippen molar-refractivity contribution in [3.63, 3.8) is 0 Å². The third kappa shape index (κ3) is 1.60. The van der Waals surface area contributed by atoms with E-state index < -0.39 is 12.2 Å². The van der Waals surface area contributed by atoms with Gasteiger partial charge in [0, 0.05) is 0 Å². The van der Waals surface area contributed by atoms with Gasteiger partial charge in [-0.25, -0.2) is 0 Å². The van der Waals surface area contributed by atoms with E-state index in [1.807, 2.05) is 0 Å². The smallest absolute Gasteiger partial charge is 0.309 e. The molecule has 0 saturated heterocycles. The lowest BCUT2D eigenvalue weighted by Gasteiger charge is -2.03. The highest BCUT2D eigenvalue weighted by Gasteiger charge is 2.14. The van der Waals surface area contributed by atoms with Crippen molar-refractivity contribution in [3.8, 4) is 0 Å². The summed E-state index contributed by atoms with van der Waals surface area (Å²) < 4.78 is 4.68. The molecule has 50 valence electrons. The van der Waals surface area contributed by atoms with Gasteiger partial charge in [0.25, 0.3) is 0 Å². The van der Waals surface area contributed by atoms with Crippen LogP contribution >= 0.6 is 0 Å². The minimum Gasteiger partial charge on any atom is -0.481 e. The van der Waals surface area contributed by atoms with E-state index in [-0.39, 0.29) is 6.42 Å². The van der Waals surface area contributed by atoms with Crippen LogP contribution in [0.15, 0.2) is 5.10 Å². The van der Waals surface area contributed by atoms with E-state index in [0.717, 1.165) is 0 Å². The number of rotatable bonds is 2. The van der Waals surface area contributed by atoms with Gasteiger partial charge in [-0.15, -0.1) is 5.10 Å². The SMILES string of the molecule is O=C(O)CC1NN=CO1. The molecule has 0 saturated carbocycles. The van der Waals surface area contributed by atoms with Gasteiger partial charge in [0.2, 0.25) is 0 Å². The monoisotopic (exact) mass is 130 g/mol. The van der Waals surface area contributed by atoms with Crippen molar-refractivity contribution in [1.29, 1.82) is 0 Å². The fourth-order valence-electron chi connectivity index (χ4n) is 0.500. The van der Waals surface area contributed by atoms with Crippen molar-refractivity contribution in [2.45, 2.75) is 12.6 Å². The summed E-state index contributed by atoms with van der Waals surface area (Å²) in [6.07, 6.45) is 0.635. The van der Waals surface area contributed by atoms with E-state index in [4.69, 9.17) is 5.11 Å². The second-order valence-electron chi connectivity index (χ2n) is 1.59. The van der Waals surface area contributed by atoms with Gasteiger partial charge in [-0.3, -0.25) is 10.2 Å². The molecular weight excluding hydrogens is 124 g/mol. The van der Waals surface area contributed by atoms with Gasteiger partial charge in [0.05, 0.1) is 0 Å². The van der Waals surface area contributed by atoms with Crippen molar-refractivity contribution in [2.75, 3.05) is 0 Å². The van der Waals surface area contributed by atoms with Gasteiger partial charge in [0.1, 0.15) is 6.42 Å². The Morgan fingerprint density at radius 3 is 3.22 bits per heavy atom. The molecular formula is C4H6N2O3. The number of aliphatic carboxylic acids is 1. The second kappa shape index (κ2) is 2.34. The van der Waals surface area contributed by atoms with Crippen molar-refractivity contribution < 1.29 is 14.6 Å². The number of ether oxygens (including phenoxy) is 1. The van der Waals surface area contributed by atoms with Crippen molar-refractivity contribution in [3.05, 3.63) is 0 Å². The number of hydrazone groups is 1. The predicted octanol–water partition coefficient (Wildman–Crippen LogP) is -0.650. The molecule has 1 unspecified atom stereocenters. The van der Waals surface area contributed by atoms with Gasteiger partial charge in [-0.05, 0) is 0 Å². The Bertz CT molecular complexity index is 137. The van der Waals surface area contributed by atoms with Crippen LogP contribution < -0.4 is 5.43 Å². The molecule has 0 fully saturated rings. The van der Waals surface area contributed by atoms with Crippen LogP contribution in [0.5, 0.6) is 0 Å². The maximum absolute atomic E-state index is 9.98. The molecule has 0 amide bonds. The zero-order chi connectivity index (χ0) is 6.69. The summed E-state index contributed by atoms with van der Waals surface area (Å²) in [7, 11) is 0. The lowest BCUT2D eigenvalue weighted by Crippen LogP contribution is -2.24. The van der Waals surface area contributed by atoms with E-state index in [0.29, 0.717) is 0 Å². The number of carboxylic acid groups (broad SMARTS) is 1. The van der Waals surface area contributed by atoms with Crippen molar-refractivity contribution in [1.82, 2.24) is 5.43 Å². The summed E-state index contributed by atoms with van der Waals surface area (Å²) in [6.45, 7) is 0. The number of carbonyl (C=O) groups is 1. The van der Waals surface area contributed by atoms with E-state index in [1.165, 1.54) is 6.40 Å². The summed E-state index contributed by atoms with van der Waals surface area (Å²) >= 11 is 0. The Kier molecular flexibility index (Phi) is 1.53. The molecule has 5 nitrogen and oxygen atoms in total. The highest BCUT2D eigenvalue weighted by Crippen LogP contribution is 1.96. The lowest BCUT2D eigenvalue weighted by atomic mass is 10.4. The van der Waals surface area contributed by atoms with Crippen LogP contribution in [0.1, 0.15) is 6.42 Å². The Hall–Kier alpha value is -1.26. The largest absolute Gasteiger partial charge is 0.481 e. The molecule has 1 aliphatic rings. The Morgan fingerprint density at radius 2 is 2.78 bits per heavy atom. The first-order valence-corrected chi connectivity index (χ1v) is 2.43. The number of nitrogens with one attached hydrogen (secondary N) is 1. The lowest BCUT2D eigenvalue weighted by molar-refractivity contribution is -0.139. The normalized spacial score (nSPS) is 22.9. The average Bonchev–Trinajstić information content (AvgIpc) is 2.15. The van der Waals surface area contributed by atoms with Crippen molar-refractivity contribution >= 4 is 12.4 Å². The minimum absolute atomic E-state index is 0.0694. The zero-order valence-electron chi connectivity index (χ0n) is 4.57. The molecule has 1 aliphatic heterocycles. The summed E-state index contributed by atoms with van der Waals surface area (Å²) in [5, 5.41) is 11.7. The molecule has 0 aliphatic carbocycles. The molecule has 0 aromatic heterocycles. The molecule has 0 spiro atoms. The highest BCUT2D eigenvalue weighted by atomic mass is 16.5. The molecule has 9 heavy (non-hydrogen) atoms. The standard InChI is InChI=1S/C4H6N2O3/c7-4(8)1-3-6-5-2-9-3/h2-3,6H,1H2,(H,7,8). The van der Waals surface area contributed by atoms with Crippen LogP contribution in [0.3, 0.4) is 0 Å². The highest BCUT2D eigenvalue weighted by molar-refractivity contribution is 5.67. The van der Waals surface area contributed by atoms with Gasteiger partial charge < -0.3 is 9.84 Å². The van der Waals surface area contributed by atoms with E-state index in [1.54, 1.807) is 0 Å². The second-order valence-corrected chi connectivity index (χ2v) is 1.59. The topological polar surface area (TPSA) is 70.9 Å². The molecule has 1 heterocycles. The number of hydrogen-bond acceptors (Lipinski definition) is 4. The number of nitrogens with zero attached hydrogens (tertiary/aromatic N) is 1. The third-order valence-corrected chi connectivity index (χ3v) is 0.856. The van der Waals surface area contributed by atoms with Crippen LogP contribution in [0.4, 0.5) is 0 Å². The summed E-state index contributed by atoms with van der Waals surface area (Å²) in [5.74, 6) is -0.905. The third-order valence-electron chi connectivity index (χ3n) is 0.856. The van der Waals surface area contributed by atoms with Crippen LogP contribution in [0.2, 0.25) is 0 Å². The Labute approximate surface area is 51.3 Å². The zero-order valence-corrected chi connectivity index (χ0v) is 4.57. The van der Waals surface area contributed by atoms with Gasteiger partial charge in [-0.1, -0.05) is 0 Å². The summed E-state index contributed by atoms with van der Waals surface area (Å²) in [4.78, 5) is 9.98. The first-order chi connectivity index (χ1) is 4.29. The molecule has 0 aromatic carbocycles. The van der Waals surface area contributed by atoms with Gasteiger partial charge >= 0.3 is 5.97 Å². The first-order valence-electron chi connectivity index (χ1n) is 2.43. The molecule has 0 aromatic rings. The van der Waals surface area contributed by atoms with E-state index in [9.17, 15) is 4.79 Å². The quantitative estimate of drug-likeness (QED) is 0.521. The molecule has 1 atom stereocenters. The Morgan fingerprint density at radius 1 is 2.00 bits per heavy atom. The molecule has 0 radical (unpaired) electrons. The first kappa shape index (κ1) is 5.87. The Balaban J connectivity index is 2.22. The minimum atomic E-state index is -0.905. The maximum Gasteiger partial charge on any atom is 0.309 e. The summed E-state index contributed by atoms with van der Waals surface area (Å²) in [6, 6.07) is 0. The van der Waals surface area contributed by atoms with Crippen LogP contribution in [0, 0.1) is 0 Å². The van der Waals surface area contributed by atoms with E-state index >= 15 is 0 Å². The number of carboxylic acids is 1. The molecule has 1 rings (SSSR count). The average molecular weight is 130 g/mol. The predicted molar refractivity (Wildman–Crippen MR) is 28.8 cm³/mol. The molecule has 5 heteroatoms. The molecule has 2 N–H and O–H groups in total. The van der Waals surface area contributed by atoms with Crippen LogP contribution in [0.25, 0.3) is 0 Å². The van der Waals surface area contributed by atoms with Gasteiger partial charge in [-0.2, -0.15) is 0 Å². The maximum atomic E-state index is 9.98. The van der Waals surface area contributed by atoms with Crippen LogP contribution in [-0.4, -0.2) is 23.7 Å². The molecule has 0 bridgehead atoms. The van der Waals surface area contributed by atoms with Crippen LogP contribution in [-0.2, 0) is 9.53 Å².